The predicted octanol–water partition coefficient (Wildman–Crippen LogP) is 0.843. The van der Waals surface area contributed by atoms with Crippen molar-refractivity contribution in [1.29, 1.82) is 0 Å². The van der Waals surface area contributed by atoms with Crippen molar-refractivity contribution in [2.75, 3.05) is 13.1 Å². The van der Waals surface area contributed by atoms with Gasteiger partial charge < -0.3 is 15.1 Å². The standard InChI is InChI=1S/C10H14N2O2/c11-5-6-12(8-3-4-8)10(13)9-2-1-7-14-9/h1-2,7-8H,3-6,11H2. The Morgan fingerprint density at radius 3 is 2.93 bits per heavy atom. The molecule has 1 aromatic heterocycles. The van der Waals surface area contributed by atoms with Gasteiger partial charge in [0.2, 0.25) is 0 Å². The zero-order valence-corrected chi connectivity index (χ0v) is 7.98. The summed E-state index contributed by atoms with van der Waals surface area (Å²) in [6.45, 7) is 1.12. The summed E-state index contributed by atoms with van der Waals surface area (Å²) in [5, 5.41) is 0. The van der Waals surface area contributed by atoms with Crippen LogP contribution in [0.5, 0.6) is 0 Å². The Morgan fingerprint density at radius 2 is 2.43 bits per heavy atom. The fourth-order valence-corrected chi connectivity index (χ4v) is 1.52. The van der Waals surface area contributed by atoms with Gasteiger partial charge in [-0.2, -0.15) is 0 Å². The Morgan fingerprint density at radius 1 is 1.64 bits per heavy atom. The highest BCUT2D eigenvalue weighted by Gasteiger charge is 2.33. The number of furan rings is 1. The number of hydrogen-bond donors (Lipinski definition) is 1. The maximum atomic E-state index is 11.9. The maximum Gasteiger partial charge on any atom is 0.289 e. The molecule has 1 fully saturated rings. The topological polar surface area (TPSA) is 59.5 Å². The molecule has 76 valence electrons. The van der Waals surface area contributed by atoms with Crippen LogP contribution in [0.15, 0.2) is 22.8 Å². The molecule has 0 unspecified atom stereocenters. The molecule has 1 aromatic rings. The monoisotopic (exact) mass is 194 g/mol. The number of nitrogens with zero attached hydrogens (tertiary/aromatic N) is 1. The first-order chi connectivity index (χ1) is 6.83. The highest BCUT2D eigenvalue weighted by Crippen LogP contribution is 2.27. The third-order valence-electron chi connectivity index (χ3n) is 2.35. The van der Waals surface area contributed by atoms with Crippen LogP contribution in [-0.4, -0.2) is 29.9 Å². The van der Waals surface area contributed by atoms with E-state index in [1.54, 1.807) is 17.0 Å². The molecular formula is C10H14N2O2. The van der Waals surface area contributed by atoms with E-state index in [1.165, 1.54) is 6.26 Å². The van der Waals surface area contributed by atoms with E-state index in [9.17, 15) is 4.79 Å². The third-order valence-corrected chi connectivity index (χ3v) is 2.35. The van der Waals surface area contributed by atoms with Gasteiger partial charge in [-0.05, 0) is 25.0 Å². The smallest absolute Gasteiger partial charge is 0.289 e. The van der Waals surface area contributed by atoms with Crippen molar-refractivity contribution in [3.8, 4) is 0 Å². The van der Waals surface area contributed by atoms with E-state index in [0.29, 0.717) is 24.9 Å². The molecule has 0 atom stereocenters. The fraction of sp³-hybridized carbons (Fsp3) is 0.500. The van der Waals surface area contributed by atoms with Gasteiger partial charge in [-0.1, -0.05) is 0 Å². The van der Waals surface area contributed by atoms with Crippen LogP contribution in [0.4, 0.5) is 0 Å². The highest BCUT2D eigenvalue weighted by atomic mass is 16.3. The summed E-state index contributed by atoms with van der Waals surface area (Å²) in [4.78, 5) is 13.7. The van der Waals surface area contributed by atoms with Gasteiger partial charge >= 0.3 is 0 Å². The molecule has 1 heterocycles. The Labute approximate surface area is 82.7 Å². The average molecular weight is 194 g/mol. The summed E-state index contributed by atoms with van der Waals surface area (Å²) in [5.74, 6) is 0.369. The van der Waals surface area contributed by atoms with Gasteiger partial charge in [0.1, 0.15) is 0 Å². The van der Waals surface area contributed by atoms with Crippen LogP contribution >= 0.6 is 0 Å². The molecule has 0 bridgehead atoms. The molecule has 2 N–H and O–H groups in total. The SMILES string of the molecule is NCCN(C(=O)c1ccco1)C1CC1. The Balaban J connectivity index is 2.07. The molecular weight excluding hydrogens is 180 g/mol. The molecule has 4 nitrogen and oxygen atoms in total. The number of carbonyl (C=O) groups excluding carboxylic acids is 1. The Hall–Kier alpha value is -1.29. The predicted molar refractivity (Wildman–Crippen MR) is 51.8 cm³/mol. The Bertz CT molecular complexity index is 304. The van der Waals surface area contributed by atoms with Crippen molar-refractivity contribution >= 4 is 5.91 Å². The van der Waals surface area contributed by atoms with Gasteiger partial charge in [-0.3, -0.25) is 4.79 Å². The van der Waals surface area contributed by atoms with E-state index < -0.39 is 0 Å². The van der Waals surface area contributed by atoms with Gasteiger partial charge in [-0.25, -0.2) is 0 Å². The zero-order chi connectivity index (χ0) is 9.97. The third kappa shape index (κ3) is 1.80. The minimum atomic E-state index is -0.0389. The second kappa shape index (κ2) is 3.84. The number of amides is 1. The lowest BCUT2D eigenvalue weighted by molar-refractivity contribution is 0.0716. The number of hydrogen-bond acceptors (Lipinski definition) is 3. The second-order valence-electron chi connectivity index (χ2n) is 3.50. The summed E-state index contributed by atoms with van der Waals surface area (Å²) < 4.78 is 5.07. The lowest BCUT2D eigenvalue weighted by Gasteiger charge is -2.19. The molecule has 0 spiro atoms. The van der Waals surface area contributed by atoms with Crippen LogP contribution in [0.1, 0.15) is 23.4 Å². The van der Waals surface area contributed by atoms with Crippen molar-refractivity contribution in [2.24, 2.45) is 5.73 Å². The quantitative estimate of drug-likeness (QED) is 0.772. The molecule has 14 heavy (non-hydrogen) atoms. The van der Waals surface area contributed by atoms with Crippen molar-refractivity contribution in [3.05, 3.63) is 24.2 Å². The average Bonchev–Trinajstić information content (AvgIpc) is 2.88. The highest BCUT2D eigenvalue weighted by molar-refractivity contribution is 5.91. The summed E-state index contributed by atoms with van der Waals surface area (Å²) >= 11 is 0. The van der Waals surface area contributed by atoms with Gasteiger partial charge in [0.25, 0.3) is 5.91 Å². The van der Waals surface area contributed by atoms with Crippen molar-refractivity contribution in [2.45, 2.75) is 18.9 Å². The van der Waals surface area contributed by atoms with Crippen LogP contribution in [0, 0.1) is 0 Å². The summed E-state index contributed by atoms with van der Waals surface area (Å²) in [5.41, 5.74) is 5.46. The molecule has 0 saturated heterocycles. The van der Waals surface area contributed by atoms with Crippen LogP contribution in [0.2, 0.25) is 0 Å². The van der Waals surface area contributed by atoms with Crippen molar-refractivity contribution < 1.29 is 9.21 Å². The Kier molecular flexibility index (Phi) is 2.54. The van der Waals surface area contributed by atoms with Crippen LogP contribution < -0.4 is 5.73 Å². The van der Waals surface area contributed by atoms with Crippen molar-refractivity contribution in [3.63, 3.8) is 0 Å². The van der Waals surface area contributed by atoms with Crippen LogP contribution in [-0.2, 0) is 0 Å². The lowest BCUT2D eigenvalue weighted by atomic mass is 10.3. The molecule has 1 aliphatic rings. The summed E-state index contributed by atoms with van der Waals surface area (Å²) in [6.07, 6.45) is 3.69. The molecule has 0 aromatic carbocycles. The molecule has 4 heteroatoms. The molecule has 1 saturated carbocycles. The molecule has 1 amide bonds. The van der Waals surface area contributed by atoms with E-state index in [1.807, 2.05) is 0 Å². The molecule has 0 aliphatic heterocycles. The zero-order valence-electron chi connectivity index (χ0n) is 7.98. The maximum absolute atomic E-state index is 11.9. The second-order valence-corrected chi connectivity index (χ2v) is 3.50. The summed E-state index contributed by atoms with van der Waals surface area (Å²) in [6, 6.07) is 3.80. The number of carbonyl (C=O) groups is 1. The molecule has 2 rings (SSSR count). The van der Waals surface area contributed by atoms with Gasteiger partial charge in [-0.15, -0.1) is 0 Å². The van der Waals surface area contributed by atoms with Gasteiger partial charge in [0.05, 0.1) is 6.26 Å². The minimum absolute atomic E-state index is 0.0389. The largest absolute Gasteiger partial charge is 0.459 e. The van der Waals surface area contributed by atoms with Crippen molar-refractivity contribution in [1.82, 2.24) is 4.90 Å². The first-order valence-corrected chi connectivity index (χ1v) is 4.87. The molecule has 1 aliphatic carbocycles. The molecule has 0 radical (unpaired) electrons. The van der Waals surface area contributed by atoms with Gasteiger partial charge in [0.15, 0.2) is 5.76 Å². The first kappa shape index (κ1) is 9.27. The van der Waals surface area contributed by atoms with Crippen LogP contribution in [0.3, 0.4) is 0 Å². The summed E-state index contributed by atoms with van der Waals surface area (Å²) in [7, 11) is 0. The van der Waals surface area contributed by atoms with Gasteiger partial charge in [0, 0.05) is 19.1 Å². The lowest BCUT2D eigenvalue weighted by Crippen LogP contribution is -2.36. The van der Waals surface area contributed by atoms with E-state index in [4.69, 9.17) is 10.2 Å². The fourth-order valence-electron chi connectivity index (χ4n) is 1.52. The normalized spacial score (nSPS) is 15.5. The minimum Gasteiger partial charge on any atom is -0.459 e. The number of rotatable bonds is 4. The first-order valence-electron chi connectivity index (χ1n) is 4.87. The van der Waals surface area contributed by atoms with Crippen LogP contribution in [0.25, 0.3) is 0 Å². The van der Waals surface area contributed by atoms with E-state index >= 15 is 0 Å². The van der Waals surface area contributed by atoms with E-state index in [2.05, 4.69) is 0 Å². The number of nitrogens with two attached hydrogens (primary N) is 1. The van der Waals surface area contributed by atoms with E-state index in [-0.39, 0.29) is 5.91 Å². The van der Waals surface area contributed by atoms with E-state index in [0.717, 1.165) is 12.8 Å².